The van der Waals surface area contributed by atoms with Crippen molar-refractivity contribution >= 4 is 50.7 Å². The molecule has 348 valence electrons. The minimum atomic E-state index is -3.30. The Balaban J connectivity index is 0.000000199. The minimum Gasteiger partial charge on any atom is -0.497 e. The number of alkyl halides is 2. The molecule has 0 aliphatic carbocycles. The number of aryl methyl sites for hydroxylation is 2. The Hall–Kier alpha value is -7.64. The molecule has 16 nitrogen and oxygen atoms in total. The standard InChI is InChI=1S/C24H25F2N5O3.C24H25FN6O2/c1-24(25,26)23(32)14-31(17-7-18(33-3)10-19(8-17)34-4)16-5-6-20-21(9-16)29-22(12-27-20)15-11-28-30(2)13-15;1-24(2,33)14-31(19-8-15(23(32)26-3)7-17(25)9-19)18-5-6-20-21(10-18)29-22(12-27-20)16-11-28-30(4)13-16/h5-13,23,32H,14H2,1-4H3;5-13,33H,14H2,1-4H3,(H,26,32)/t23-;/m1./s1. The van der Waals surface area contributed by atoms with E-state index in [1.807, 2.05) is 44.7 Å². The van der Waals surface area contributed by atoms with Crippen LogP contribution >= 0.6 is 0 Å². The van der Waals surface area contributed by atoms with Crippen molar-refractivity contribution < 1.29 is 37.7 Å². The molecular formula is C48H50F3N11O5. The number of nitrogens with one attached hydrogen (secondary N) is 1. The number of carbonyl (C=O) groups excluding carboxylic acids is 1. The lowest BCUT2D eigenvalue weighted by molar-refractivity contribution is -0.0878. The van der Waals surface area contributed by atoms with Gasteiger partial charge in [0.25, 0.3) is 11.8 Å². The van der Waals surface area contributed by atoms with E-state index in [-0.39, 0.29) is 18.7 Å². The smallest absolute Gasteiger partial charge is 0.272 e. The molecule has 1 amide bonds. The maximum absolute atomic E-state index is 14.4. The van der Waals surface area contributed by atoms with E-state index in [9.17, 15) is 28.2 Å². The van der Waals surface area contributed by atoms with Crippen LogP contribution in [0.5, 0.6) is 11.5 Å². The third kappa shape index (κ3) is 11.4. The fourth-order valence-electron chi connectivity index (χ4n) is 7.09. The quantitative estimate of drug-likeness (QED) is 0.0969. The van der Waals surface area contributed by atoms with Gasteiger partial charge in [-0.2, -0.15) is 10.2 Å². The number of fused-ring (bicyclic) bond motifs is 2. The number of aliphatic hydroxyl groups excluding tert-OH is 1. The Morgan fingerprint density at radius 2 is 1.22 bits per heavy atom. The molecule has 0 unspecified atom stereocenters. The molecular weight excluding hydrogens is 868 g/mol. The van der Waals surface area contributed by atoms with E-state index in [4.69, 9.17) is 14.5 Å². The molecule has 19 heteroatoms. The van der Waals surface area contributed by atoms with Gasteiger partial charge < -0.3 is 34.8 Å². The van der Waals surface area contributed by atoms with Crippen LogP contribution in [0.4, 0.5) is 35.9 Å². The number of aromatic nitrogens is 8. The summed E-state index contributed by atoms with van der Waals surface area (Å²) in [6.07, 6.45) is 8.51. The van der Waals surface area contributed by atoms with Gasteiger partial charge in [-0.1, -0.05) is 0 Å². The van der Waals surface area contributed by atoms with Crippen LogP contribution in [-0.4, -0.2) is 108 Å². The van der Waals surface area contributed by atoms with Gasteiger partial charge in [-0.3, -0.25) is 24.1 Å². The molecule has 0 aliphatic heterocycles. The molecule has 1 atom stereocenters. The van der Waals surface area contributed by atoms with Gasteiger partial charge in [-0.15, -0.1) is 0 Å². The Morgan fingerprint density at radius 3 is 1.67 bits per heavy atom. The first kappa shape index (κ1) is 47.3. The van der Waals surface area contributed by atoms with Crippen molar-refractivity contribution in [2.45, 2.75) is 38.4 Å². The summed E-state index contributed by atoms with van der Waals surface area (Å²) in [7, 11) is 8.14. The van der Waals surface area contributed by atoms with Gasteiger partial charge >= 0.3 is 0 Å². The molecule has 0 saturated carbocycles. The highest BCUT2D eigenvalue weighted by Crippen LogP contribution is 2.36. The summed E-state index contributed by atoms with van der Waals surface area (Å²) in [5, 5.41) is 31.7. The predicted octanol–water partition coefficient (Wildman–Crippen LogP) is 7.64. The van der Waals surface area contributed by atoms with E-state index in [1.165, 1.54) is 33.4 Å². The lowest BCUT2D eigenvalue weighted by atomic mass is 10.1. The third-order valence-corrected chi connectivity index (χ3v) is 10.5. The summed E-state index contributed by atoms with van der Waals surface area (Å²) < 4.78 is 56.4. The zero-order chi connectivity index (χ0) is 48.2. The summed E-state index contributed by atoms with van der Waals surface area (Å²) in [4.78, 5) is 33.8. The number of carbonyl (C=O) groups is 1. The second-order valence-corrected chi connectivity index (χ2v) is 16.5. The molecule has 3 N–H and O–H groups in total. The van der Waals surface area contributed by atoms with Gasteiger partial charge in [0.15, 0.2) is 0 Å². The molecule has 0 radical (unpaired) electrons. The van der Waals surface area contributed by atoms with Gasteiger partial charge in [0.2, 0.25) is 0 Å². The number of halogens is 3. The number of benzene rings is 4. The summed E-state index contributed by atoms with van der Waals surface area (Å²) >= 11 is 0. The molecule has 0 aliphatic rings. The minimum absolute atomic E-state index is 0.158. The Bertz CT molecular complexity index is 3020. The normalized spacial score (nSPS) is 12.1. The fourth-order valence-corrected chi connectivity index (χ4v) is 7.09. The molecule has 4 aromatic heterocycles. The molecule has 0 spiro atoms. The molecule has 0 saturated heterocycles. The van der Waals surface area contributed by atoms with Gasteiger partial charge in [-0.05, 0) is 68.4 Å². The maximum Gasteiger partial charge on any atom is 0.272 e. The lowest BCUT2D eigenvalue weighted by Gasteiger charge is -2.31. The summed E-state index contributed by atoms with van der Waals surface area (Å²) in [5.74, 6) is -3.28. The van der Waals surface area contributed by atoms with Gasteiger partial charge in [0.05, 0.1) is 91.2 Å². The zero-order valence-corrected chi connectivity index (χ0v) is 38.1. The van der Waals surface area contributed by atoms with Crippen LogP contribution in [0.1, 0.15) is 31.1 Å². The van der Waals surface area contributed by atoms with E-state index < -0.39 is 29.4 Å². The number of methoxy groups -OCH3 is 2. The second kappa shape index (κ2) is 19.4. The SMILES string of the molecule is CNC(=O)c1cc(F)cc(N(CC(C)(C)O)c2ccc3ncc(-c4cnn(C)c4)nc3c2)c1.COc1cc(OC)cc(N(C[C@@H](O)C(C)(F)F)c2ccc3ncc(-c4cnn(C)c4)nc3c2)c1. The van der Waals surface area contributed by atoms with Crippen molar-refractivity contribution in [2.24, 2.45) is 14.1 Å². The van der Waals surface area contributed by atoms with Crippen molar-refractivity contribution in [1.82, 2.24) is 44.8 Å². The van der Waals surface area contributed by atoms with Crippen LogP contribution in [0.3, 0.4) is 0 Å². The van der Waals surface area contributed by atoms with Crippen LogP contribution in [0.25, 0.3) is 44.6 Å². The van der Waals surface area contributed by atoms with Crippen LogP contribution in [-0.2, 0) is 14.1 Å². The molecule has 4 heterocycles. The first-order valence-electron chi connectivity index (χ1n) is 20.9. The highest BCUT2D eigenvalue weighted by Gasteiger charge is 2.34. The van der Waals surface area contributed by atoms with Crippen molar-refractivity contribution in [2.75, 3.05) is 44.2 Å². The number of aliphatic hydroxyl groups is 2. The monoisotopic (exact) mass is 917 g/mol. The Morgan fingerprint density at radius 1 is 0.716 bits per heavy atom. The molecule has 4 aromatic carbocycles. The van der Waals surface area contributed by atoms with Crippen LogP contribution in [0.15, 0.2) is 110 Å². The van der Waals surface area contributed by atoms with E-state index in [2.05, 4.69) is 30.5 Å². The average Bonchev–Trinajstić information content (AvgIpc) is 3.95. The van der Waals surface area contributed by atoms with Crippen molar-refractivity contribution in [3.8, 4) is 34.0 Å². The largest absolute Gasteiger partial charge is 0.497 e. The number of nitrogens with zero attached hydrogens (tertiary/aromatic N) is 10. The van der Waals surface area contributed by atoms with Crippen molar-refractivity contribution in [3.63, 3.8) is 0 Å². The number of ether oxygens (including phenoxy) is 2. The number of hydrogen-bond acceptors (Lipinski definition) is 13. The van der Waals surface area contributed by atoms with E-state index in [0.29, 0.717) is 74.6 Å². The second-order valence-electron chi connectivity index (χ2n) is 16.5. The summed E-state index contributed by atoms with van der Waals surface area (Å²) in [6.45, 7) is 3.81. The van der Waals surface area contributed by atoms with Crippen molar-refractivity contribution in [1.29, 1.82) is 0 Å². The highest BCUT2D eigenvalue weighted by atomic mass is 19.3. The number of anilines is 4. The molecule has 8 rings (SSSR count). The average molecular weight is 918 g/mol. The van der Waals surface area contributed by atoms with Gasteiger partial charge in [0.1, 0.15) is 23.4 Å². The fraction of sp³-hybridized carbons (Fsp3) is 0.271. The van der Waals surface area contributed by atoms with Crippen molar-refractivity contribution in [3.05, 3.63) is 121 Å². The lowest BCUT2D eigenvalue weighted by Crippen LogP contribution is -2.40. The van der Waals surface area contributed by atoms with Crippen LogP contribution in [0, 0.1) is 5.82 Å². The topological polar surface area (TPSA) is 182 Å². The first-order valence-corrected chi connectivity index (χ1v) is 20.9. The van der Waals surface area contributed by atoms with Gasteiger partial charge in [0, 0.05) is 98.1 Å². The zero-order valence-electron chi connectivity index (χ0n) is 38.1. The third-order valence-electron chi connectivity index (χ3n) is 10.5. The predicted molar refractivity (Wildman–Crippen MR) is 250 cm³/mol. The molecule has 67 heavy (non-hydrogen) atoms. The Kier molecular flexibility index (Phi) is 13.7. The van der Waals surface area contributed by atoms with Crippen LogP contribution in [0.2, 0.25) is 0 Å². The molecule has 8 aromatic rings. The molecule has 0 bridgehead atoms. The summed E-state index contributed by atoms with van der Waals surface area (Å²) in [5.41, 5.74) is 6.74. The summed E-state index contributed by atoms with van der Waals surface area (Å²) in [6, 6.07) is 19.9. The van der Waals surface area contributed by atoms with E-state index >= 15 is 0 Å². The molecule has 0 fully saturated rings. The number of hydrogen-bond donors (Lipinski definition) is 3. The number of amides is 1. The highest BCUT2D eigenvalue weighted by molar-refractivity contribution is 5.95. The Labute approximate surface area is 384 Å². The number of rotatable bonds is 14. The van der Waals surface area contributed by atoms with Gasteiger partial charge in [-0.25, -0.2) is 23.1 Å². The first-order chi connectivity index (χ1) is 31.8. The van der Waals surface area contributed by atoms with Crippen LogP contribution < -0.4 is 24.6 Å². The van der Waals surface area contributed by atoms with E-state index in [0.717, 1.165) is 11.1 Å². The van der Waals surface area contributed by atoms with E-state index in [1.54, 1.807) is 100 Å². The maximum atomic E-state index is 14.4.